The summed E-state index contributed by atoms with van der Waals surface area (Å²) in [5.41, 5.74) is -0.836. The molecule has 0 aromatic heterocycles. The minimum absolute atomic E-state index is 0.0850. The van der Waals surface area contributed by atoms with E-state index in [1.807, 2.05) is 0 Å². The quantitative estimate of drug-likeness (QED) is 0.859. The molecule has 2 aliphatic rings. The molecule has 1 heterocycles. The molecule has 0 radical (unpaired) electrons. The molecule has 0 atom stereocenters. The lowest BCUT2D eigenvalue weighted by molar-refractivity contribution is -0.140. The zero-order valence-electron chi connectivity index (χ0n) is 9.40. The molecule has 96 valence electrons. The number of benzene rings is 1. The lowest BCUT2D eigenvalue weighted by Gasteiger charge is -2.25. The van der Waals surface area contributed by atoms with Gasteiger partial charge in [-0.25, -0.2) is 0 Å². The first-order valence-electron chi connectivity index (χ1n) is 5.61. The molecule has 1 fully saturated rings. The van der Waals surface area contributed by atoms with Crippen molar-refractivity contribution in [3.05, 3.63) is 16.7 Å². The van der Waals surface area contributed by atoms with Crippen LogP contribution in [0.5, 0.6) is 17.2 Å². The Morgan fingerprint density at radius 3 is 2.61 bits per heavy atom. The summed E-state index contributed by atoms with van der Waals surface area (Å²) in [6.07, 6.45) is 0.929. The molecule has 3 rings (SSSR count). The average molecular weight is 271 g/mol. The number of phenols is 1. The Balaban J connectivity index is 2.24. The van der Waals surface area contributed by atoms with Crippen LogP contribution >= 0.6 is 11.6 Å². The van der Waals surface area contributed by atoms with Gasteiger partial charge >= 0.3 is 5.97 Å². The van der Waals surface area contributed by atoms with Crippen LogP contribution in [-0.2, 0) is 10.2 Å². The van der Waals surface area contributed by atoms with Crippen molar-refractivity contribution in [2.24, 2.45) is 0 Å². The van der Waals surface area contributed by atoms with Gasteiger partial charge in [0, 0.05) is 6.07 Å². The molecule has 0 unspecified atom stereocenters. The number of rotatable bonds is 2. The van der Waals surface area contributed by atoms with Crippen LogP contribution in [0.2, 0.25) is 5.02 Å². The van der Waals surface area contributed by atoms with Crippen molar-refractivity contribution >= 4 is 17.6 Å². The van der Waals surface area contributed by atoms with Gasteiger partial charge in [-0.05, 0) is 12.8 Å². The SMILES string of the molecule is O=C(O)C1(c2c(O)c(Cl)cc3c2OCCO3)CC1. The second-order valence-corrected chi connectivity index (χ2v) is 4.90. The molecule has 0 amide bonds. The summed E-state index contributed by atoms with van der Waals surface area (Å²) < 4.78 is 10.8. The maximum absolute atomic E-state index is 11.4. The smallest absolute Gasteiger partial charge is 0.314 e. The van der Waals surface area contributed by atoms with Crippen LogP contribution in [0.3, 0.4) is 0 Å². The Bertz CT molecular complexity index is 536. The number of carboxylic acids is 1. The Kier molecular flexibility index (Phi) is 2.35. The molecule has 1 aliphatic heterocycles. The second-order valence-electron chi connectivity index (χ2n) is 4.49. The van der Waals surface area contributed by atoms with E-state index >= 15 is 0 Å². The van der Waals surface area contributed by atoms with Gasteiger partial charge in [-0.1, -0.05) is 11.6 Å². The van der Waals surface area contributed by atoms with Crippen LogP contribution in [0.15, 0.2) is 6.07 Å². The van der Waals surface area contributed by atoms with Crippen LogP contribution in [0, 0.1) is 0 Å². The predicted molar refractivity (Wildman–Crippen MR) is 62.7 cm³/mol. The van der Waals surface area contributed by atoms with E-state index in [1.165, 1.54) is 6.07 Å². The van der Waals surface area contributed by atoms with E-state index in [1.54, 1.807) is 0 Å². The normalized spacial score (nSPS) is 19.4. The number of ether oxygens (including phenoxy) is 2. The number of hydrogen-bond acceptors (Lipinski definition) is 4. The van der Waals surface area contributed by atoms with Crippen molar-refractivity contribution in [3.63, 3.8) is 0 Å². The molecule has 18 heavy (non-hydrogen) atoms. The van der Waals surface area contributed by atoms with Gasteiger partial charge in [-0.3, -0.25) is 4.79 Å². The number of hydrogen-bond donors (Lipinski definition) is 2. The van der Waals surface area contributed by atoms with Gasteiger partial charge in [0.05, 0.1) is 10.6 Å². The van der Waals surface area contributed by atoms with Crippen LogP contribution in [0.25, 0.3) is 0 Å². The summed E-state index contributed by atoms with van der Waals surface area (Å²) in [6, 6.07) is 1.45. The lowest BCUT2D eigenvalue weighted by Crippen LogP contribution is -2.24. The monoisotopic (exact) mass is 270 g/mol. The van der Waals surface area contributed by atoms with Crippen molar-refractivity contribution < 1.29 is 24.5 Å². The summed E-state index contributed by atoms with van der Waals surface area (Å²) in [7, 11) is 0. The van der Waals surface area contributed by atoms with Crippen molar-refractivity contribution in [1.29, 1.82) is 0 Å². The molecule has 0 bridgehead atoms. The summed E-state index contributed by atoms with van der Waals surface area (Å²) in [5, 5.41) is 19.5. The van der Waals surface area contributed by atoms with E-state index in [4.69, 9.17) is 21.1 Å². The molecule has 0 saturated heterocycles. The van der Waals surface area contributed by atoms with Crippen molar-refractivity contribution in [1.82, 2.24) is 0 Å². The standard InChI is InChI=1S/C12H11ClO5/c13-6-5-7-10(18-4-3-17-7)8(9(6)14)12(1-2-12)11(15)16/h5,14H,1-4H2,(H,15,16). The molecule has 1 aromatic rings. The van der Waals surface area contributed by atoms with E-state index in [-0.39, 0.29) is 16.3 Å². The van der Waals surface area contributed by atoms with Gasteiger partial charge in [0.1, 0.15) is 24.4 Å². The highest BCUT2D eigenvalue weighted by Gasteiger charge is 2.56. The highest BCUT2D eigenvalue weighted by Crippen LogP contribution is 2.58. The highest BCUT2D eigenvalue weighted by molar-refractivity contribution is 6.32. The van der Waals surface area contributed by atoms with Gasteiger partial charge in [0.25, 0.3) is 0 Å². The third-order valence-electron chi connectivity index (χ3n) is 3.40. The zero-order valence-corrected chi connectivity index (χ0v) is 10.2. The first-order valence-corrected chi connectivity index (χ1v) is 5.99. The first-order chi connectivity index (χ1) is 8.56. The Hall–Kier alpha value is -1.62. The Morgan fingerprint density at radius 2 is 2.00 bits per heavy atom. The Labute approximate surface area is 108 Å². The molecule has 1 aliphatic carbocycles. The summed E-state index contributed by atoms with van der Waals surface area (Å²) in [6.45, 7) is 0.713. The fourth-order valence-electron chi connectivity index (χ4n) is 2.28. The van der Waals surface area contributed by atoms with Crippen LogP contribution in [0.4, 0.5) is 0 Å². The minimum atomic E-state index is -1.08. The summed E-state index contributed by atoms with van der Waals surface area (Å²) >= 11 is 5.91. The van der Waals surface area contributed by atoms with E-state index in [2.05, 4.69) is 0 Å². The van der Waals surface area contributed by atoms with Crippen molar-refractivity contribution in [2.75, 3.05) is 13.2 Å². The Morgan fingerprint density at radius 1 is 1.33 bits per heavy atom. The second kappa shape index (κ2) is 3.68. The number of fused-ring (bicyclic) bond motifs is 1. The number of phenolic OH excluding ortho intramolecular Hbond substituents is 1. The van der Waals surface area contributed by atoms with Crippen LogP contribution in [0.1, 0.15) is 18.4 Å². The molecule has 6 heteroatoms. The fraction of sp³-hybridized carbons (Fsp3) is 0.417. The number of halogens is 1. The predicted octanol–water partition coefficient (Wildman–Crippen LogP) is 1.93. The molecule has 0 spiro atoms. The molecular formula is C12H11ClO5. The van der Waals surface area contributed by atoms with Gasteiger partial charge in [-0.2, -0.15) is 0 Å². The van der Waals surface area contributed by atoms with Crippen molar-refractivity contribution in [3.8, 4) is 17.2 Å². The van der Waals surface area contributed by atoms with E-state index in [0.29, 0.717) is 37.6 Å². The van der Waals surface area contributed by atoms with Gasteiger partial charge in [0.2, 0.25) is 0 Å². The summed E-state index contributed by atoms with van der Waals surface area (Å²) in [5.74, 6) is -0.494. The third kappa shape index (κ3) is 1.43. The maximum Gasteiger partial charge on any atom is 0.314 e. The molecule has 1 saturated carbocycles. The highest BCUT2D eigenvalue weighted by atomic mass is 35.5. The van der Waals surface area contributed by atoms with Crippen LogP contribution in [-0.4, -0.2) is 29.4 Å². The topological polar surface area (TPSA) is 76.0 Å². The fourth-order valence-corrected chi connectivity index (χ4v) is 2.48. The lowest BCUT2D eigenvalue weighted by atomic mass is 9.93. The third-order valence-corrected chi connectivity index (χ3v) is 3.69. The summed E-state index contributed by atoms with van der Waals surface area (Å²) in [4.78, 5) is 11.4. The molecule has 1 aromatic carbocycles. The molecular weight excluding hydrogens is 260 g/mol. The van der Waals surface area contributed by atoms with E-state index in [9.17, 15) is 15.0 Å². The zero-order chi connectivity index (χ0) is 12.9. The number of aromatic hydroxyl groups is 1. The van der Waals surface area contributed by atoms with Crippen LogP contribution < -0.4 is 9.47 Å². The largest absolute Gasteiger partial charge is 0.506 e. The van der Waals surface area contributed by atoms with Gasteiger partial charge in [0.15, 0.2) is 11.5 Å². The van der Waals surface area contributed by atoms with Crippen molar-refractivity contribution in [2.45, 2.75) is 18.3 Å². The number of carbonyl (C=O) groups is 1. The maximum atomic E-state index is 11.4. The van der Waals surface area contributed by atoms with E-state index < -0.39 is 11.4 Å². The van der Waals surface area contributed by atoms with E-state index in [0.717, 1.165) is 0 Å². The molecule has 2 N–H and O–H groups in total. The van der Waals surface area contributed by atoms with Gasteiger partial charge in [-0.15, -0.1) is 0 Å². The first kappa shape index (κ1) is 11.5. The number of carboxylic acid groups (broad SMARTS) is 1. The van der Waals surface area contributed by atoms with Gasteiger partial charge < -0.3 is 19.7 Å². The molecule has 5 nitrogen and oxygen atoms in total. The number of aliphatic carboxylic acids is 1. The minimum Gasteiger partial charge on any atom is -0.506 e. The average Bonchev–Trinajstić information content (AvgIpc) is 3.12.